The average Bonchev–Trinajstić information content (AvgIpc) is 3.38. The van der Waals surface area contributed by atoms with Crippen LogP contribution >= 0.6 is 0 Å². The number of nitrogens with zero attached hydrogens (tertiary/aromatic N) is 1. The second-order valence-electron chi connectivity index (χ2n) is 8.62. The first kappa shape index (κ1) is 21.1. The Labute approximate surface area is 192 Å². The summed E-state index contributed by atoms with van der Waals surface area (Å²) < 4.78 is 10.7. The van der Waals surface area contributed by atoms with Gasteiger partial charge >= 0.3 is 5.97 Å². The highest BCUT2D eigenvalue weighted by Gasteiger charge is 2.44. The van der Waals surface area contributed by atoms with Crippen LogP contribution in [0.2, 0.25) is 0 Å². The maximum Gasteiger partial charge on any atom is 0.315 e. The fourth-order valence-corrected chi connectivity index (χ4v) is 5.09. The number of furan rings is 1. The largest absolute Gasteiger partial charge is 0.469 e. The fraction of sp³-hybridized carbons (Fsp3) is 0.250. The SMILES string of the molecule is COC(=O)C1C(C)=NC2=C(C(=O)CC(c3ccco3)C2)C1c1ccc(-c2ccccc2)cc1. The van der Waals surface area contributed by atoms with Gasteiger partial charge in [-0.1, -0.05) is 54.6 Å². The van der Waals surface area contributed by atoms with Crippen LogP contribution in [0, 0.1) is 5.92 Å². The lowest BCUT2D eigenvalue weighted by molar-refractivity contribution is -0.143. The molecule has 1 aromatic heterocycles. The molecule has 1 aliphatic heterocycles. The van der Waals surface area contributed by atoms with Gasteiger partial charge in [0.15, 0.2) is 5.78 Å². The average molecular weight is 440 g/mol. The van der Waals surface area contributed by atoms with Crippen LogP contribution in [0.15, 0.2) is 93.7 Å². The molecule has 2 aromatic carbocycles. The molecule has 5 rings (SSSR count). The quantitative estimate of drug-likeness (QED) is 0.490. The van der Waals surface area contributed by atoms with Crippen molar-refractivity contribution in [3.63, 3.8) is 0 Å². The van der Waals surface area contributed by atoms with E-state index < -0.39 is 11.8 Å². The fourth-order valence-electron chi connectivity index (χ4n) is 5.09. The number of ether oxygens (including phenoxy) is 1. The first-order valence-electron chi connectivity index (χ1n) is 11.1. The van der Waals surface area contributed by atoms with Crippen molar-refractivity contribution in [3.8, 4) is 11.1 Å². The van der Waals surface area contributed by atoms with E-state index in [-0.39, 0.29) is 17.7 Å². The number of Topliss-reactive ketones (excluding diaryl/α,β-unsaturated/α-hetero) is 1. The zero-order valence-corrected chi connectivity index (χ0v) is 18.7. The Balaban J connectivity index is 1.57. The lowest BCUT2D eigenvalue weighted by Gasteiger charge is -2.36. The summed E-state index contributed by atoms with van der Waals surface area (Å²) in [6.45, 7) is 1.84. The molecule has 3 atom stereocenters. The highest BCUT2D eigenvalue weighted by atomic mass is 16.5. The Hall–Kier alpha value is -3.73. The van der Waals surface area contributed by atoms with Crippen molar-refractivity contribution in [3.05, 3.63) is 95.6 Å². The minimum Gasteiger partial charge on any atom is -0.469 e. The zero-order valence-electron chi connectivity index (χ0n) is 18.7. The van der Waals surface area contributed by atoms with E-state index in [1.807, 2.05) is 61.5 Å². The normalized spacial score (nSPS) is 22.5. The summed E-state index contributed by atoms with van der Waals surface area (Å²) in [5.74, 6) is -0.652. The molecule has 5 heteroatoms. The molecular weight excluding hydrogens is 414 g/mol. The maximum atomic E-state index is 13.4. The molecular formula is C28H25NO4. The Kier molecular flexibility index (Phi) is 5.55. The van der Waals surface area contributed by atoms with Crippen LogP contribution in [0.25, 0.3) is 11.1 Å². The standard InChI is InChI=1S/C28H25NO4/c1-17-25(28(31)32-2)26(20-12-10-19(11-13-20)18-7-4-3-5-8-18)27-22(29-17)15-21(16-23(27)30)24-9-6-14-33-24/h3-14,21,25-26H,15-16H2,1-2H3. The van der Waals surface area contributed by atoms with E-state index in [0.717, 1.165) is 28.1 Å². The lowest BCUT2D eigenvalue weighted by atomic mass is 9.69. The number of carbonyl (C=O) groups excluding carboxylic acids is 2. The third-order valence-electron chi connectivity index (χ3n) is 6.67. The molecule has 0 radical (unpaired) electrons. The highest BCUT2D eigenvalue weighted by Crippen LogP contribution is 2.47. The van der Waals surface area contributed by atoms with Gasteiger partial charge in [-0.15, -0.1) is 0 Å². The molecule has 1 aliphatic carbocycles. The minimum atomic E-state index is -0.625. The summed E-state index contributed by atoms with van der Waals surface area (Å²) in [5, 5.41) is 0. The summed E-state index contributed by atoms with van der Waals surface area (Å²) in [7, 11) is 1.38. The van der Waals surface area contributed by atoms with E-state index >= 15 is 0 Å². The van der Waals surface area contributed by atoms with Crippen molar-refractivity contribution in [2.75, 3.05) is 7.11 Å². The van der Waals surface area contributed by atoms with Crippen LogP contribution in [-0.2, 0) is 14.3 Å². The van der Waals surface area contributed by atoms with E-state index in [1.165, 1.54) is 7.11 Å². The van der Waals surface area contributed by atoms with Gasteiger partial charge in [-0.05, 0) is 35.7 Å². The predicted octanol–water partition coefficient (Wildman–Crippen LogP) is 5.69. The molecule has 0 saturated carbocycles. The maximum absolute atomic E-state index is 13.4. The molecule has 0 N–H and O–H groups in total. The van der Waals surface area contributed by atoms with Gasteiger partial charge in [0.1, 0.15) is 11.7 Å². The number of rotatable bonds is 4. The van der Waals surface area contributed by atoms with Crippen LogP contribution in [0.1, 0.15) is 42.9 Å². The van der Waals surface area contributed by atoms with Crippen LogP contribution < -0.4 is 0 Å². The van der Waals surface area contributed by atoms with Crippen molar-refractivity contribution >= 4 is 17.5 Å². The Morgan fingerprint density at radius 2 is 1.70 bits per heavy atom. The van der Waals surface area contributed by atoms with Crippen LogP contribution in [0.5, 0.6) is 0 Å². The van der Waals surface area contributed by atoms with Gasteiger partial charge in [0.2, 0.25) is 0 Å². The molecule has 166 valence electrons. The van der Waals surface area contributed by atoms with E-state index in [2.05, 4.69) is 12.1 Å². The smallest absolute Gasteiger partial charge is 0.315 e. The molecule has 5 nitrogen and oxygen atoms in total. The Morgan fingerprint density at radius 1 is 0.970 bits per heavy atom. The van der Waals surface area contributed by atoms with E-state index in [9.17, 15) is 9.59 Å². The summed E-state index contributed by atoms with van der Waals surface area (Å²) in [6, 6.07) is 22.0. The molecule has 0 spiro atoms. The monoisotopic (exact) mass is 439 g/mol. The molecule has 2 aliphatic rings. The molecule has 0 amide bonds. The molecule has 3 unspecified atom stereocenters. The van der Waals surface area contributed by atoms with Gasteiger partial charge in [-0.2, -0.15) is 0 Å². The number of allylic oxidation sites excluding steroid dienone is 2. The highest BCUT2D eigenvalue weighted by molar-refractivity contribution is 6.09. The number of hydrogen-bond acceptors (Lipinski definition) is 5. The molecule has 33 heavy (non-hydrogen) atoms. The number of benzene rings is 2. The van der Waals surface area contributed by atoms with Gasteiger partial charge in [0.25, 0.3) is 0 Å². The molecule has 3 aromatic rings. The topological polar surface area (TPSA) is 68.9 Å². The molecule has 0 saturated heterocycles. The summed E-state index contributed by atoms with van der Waals surface area (Å²) >= 11 is 0. The van der Waals surface area contributed by atoms with Gasteiger partial charge < -0.3 is 9.15 Å². The second-order valence-corrected chi connectivity index (χ2v) is 8.62. The summed E-state index contributed by atoms with van der Waals surface area (Å²) in [6.07, 6.45) is 2.58. The van der Waals surface area contributed by atoms with Crippen LogP contribution in [-0.4, -0.2) is 24.6 Å². The Bertz CT molecular complexity index is 1240. The molecule has 0 fully saturated rings. The third kappa shape index (κ3) is 3.84. The van der Waals surface area contributed by atoms with E-state index in [1.54, 1.807) is 6.26 Å². The number of aliphatic imine (C=N–C) groups is 1. The van der Waals surface area contributed by atoms with Crippen molar-refractivity contribution in [1.29, 1.82) is 0 Å². The van der Waals surface area contributed by atoms with E-state index in [4.69, 9.17) is 14.1 Å². The van der Waals surface area contributed by atoms with Crippen molar-refractivity contribution in [2.24, 2.45) is 10.9 Å². The van der Waals surface area contributed by atoms with Gasteiger partial charge in [-0.25, -0.2) is 0 Å². The minimum absolute atomic E-state index is 0.0138. The van der Waals surface area contributed by atoms with Crippen molar-refractivity contribution < 1.29 is 18.7 Å². The lowest BCUT2D eigenvalue weighted by Crippen LogP contribution is -2.37. The van der Waals surface area contributed by atoms with Crippen molar-refractivity contribution in [1.82, 2.24) is 0 Å². The molecule has 2 heterocycles. The summed E-state index contributed by atoms with van der Waals surface area (Å²) in [4.78, 5) is 31.0. The predicted molar refractivity (Wildman–Crippen MR) is 126 cm³/mol. The number of carbonyl (C=O) groups is 2. The Morgan fingerprint density at radius 3 is 2.36 bits per heavy atom. The first-order valence-corrected chi connectivity index (χ1v) is 11.1. The number of ketones is 1. The van der Waals surface area contributed by atoms with Crippen LogP contribution in [0.3, 0.4) is 0 Å². The summed E-state index contributed by atoms with van der Waals surface area (Å²) in [5.41, 5.74) is 5.16. The first-order chi connectivity index (χ1) is 16.1. The van der Waals surface area contributed by atoms with Crippen molar-refractivity contribution in [2.45, 2.75) is 31.6 Å². The van der Waals surface area contributed by atoms with Crippen LogP contribution in [0.4, 0.5) is 0 Å². The molecule has 0 bridgehead atoms. The third-order valence-corrected chi connectivity index (χ3v) is 6.67. The number of methoxy groups -OCH3 is 1. The van der Waals surface area contributed by atoms with Gasteiger partial charge in [0.05, 0.1) is 13.4 Å². The van der Waals surface area contributed by atoms with E-state index in [0.29, 0.717) is 24.1 Å². The van der Waals surface area contributed by atoms with Gasteiger partial charge in [0, 0.05) is 41.7 Å². The zero-order chi connectivity index (χ0) is 22.9. The number of hydrogen-bond donors (Lipinski definition) is 0. The van der Waals surface area contributed by atoms with Gasteiger partial charge in [-0.3, -0.25) is 14.6 Å². The number of esters is 1. The second kappa shape index (κ2) is 8.66.